The Morgan fingerprint density at radius 2 is 1.85 bits per heavy atom. The van der Waals surface area contributed by atoms with E-state index in [1.54, 1.807) is 36.4 Å². The summed E-state index contributed by atoms with van der Waals surface area (Å²) in [5, 5.41) is 8.06. The standard InChI is InChI=1S/C19H16BrN3O4/c1-2-23-19(25)12-6-4-3-5-11(12)17(22-23)18(24)21-14-10-16-15(9-13(14)20)26-7-8-27-16/h3-6,9-10H,2,7-8H2,1H3,(H,21,24). The van der Waals surface area contributed by atoms with Gasteiger partial charge in [0.1, 0.15) is 13.2 Å². The third-order valence-corrected chi connectivity index (χ3v) is 4.92. The summed E-state index contributed by atoms with van der Waals surface area (Å²) in [7, 11) is 0. The zero-order valence-corrected chi connectivity index (χ0v) is 16.1. The molecular formula is C19H16BrN3O4. The summed E-state index contributed by atoms with van der Waals surface area (Å²) in [5.74, 6) is 0.774. The molecule has 0 saturated carbocycles. The van der Waals surface area contributed by atoms with Gasteiger partial charge in [-0.1, -0.05) is 18.2 Å². The molecule has 0 bridgehead atoms. The van der Waals surface area contributed by atoms with E-state index in [2.05, 4.69) is 26.3 Å². The van der Waals surface area contributed by atoms with E-state index >= 15 is 0 Å². The quantitative estimate of drug-likeness (QED) is 0.690. The predicted octanol–water partition coefficient (Wildman–Crippen LogP) is 3.20. The highest BCUT2D eigenvalue weighted by atomic mass is 79.9. The van der Waals surface area contributed by atoms with Crippen LogP contribution in [0.2, 0.25) is 0 Å². The van der Waals surface area contributed by atoms with Crippen molar-refractivity contribution >= 4 is 38.3 Å². The summed E-state index contributed by atoms with van der Waals surface area (Å²) < 4.78 is 13.1. The molecule has 0 fully saturated rings. The van der Waals surface area contributed by atoms with Crippen molar-refractivity contribution in [2.45, 2.75) is 13.5 Å². The third kappa shape index (κ3) is 3.16. The zero-order chi connectivity index (χ0) is 19.0. The van der Waals surface area contributed by atoms with Crippen LogP contribution in [-0.2, 0) is 6.54 Å². The van der Waals surface area contributed by atoms with Crippen LogP contribution in [0.25, 0.3) is 10.8 Å². The number of carbonyl (C=O) groups is 1. The summed E-state index contributed by atoms with van der Waals surface area (Å²) in [4.78, 5) is 25.4. The highest BCUT2D eigenvalue weighted by Gasteiger charge is 2.20. The first-order valence-corrected chi connectivity index (χ1v) is 9.28. The molecule has 27 heavy (non-hydrogen) atoms. The molecule has 0 radical (unpaired) electrons. The molecule has 138 valence electrons. The van der Waals surface area contributed by atoms with E-state index in [1.165, 1.54) is 4.68 Å². The first-order valence-electron chi connectivity index (χ1n) is 8.49. The number of nitrogens with zero attached hydrogens (tertiary/aromatic N) is 2. The van der Waals surface area contributed by atoms with Gasteiger partial charge in [0.25, 0.3) is 11.5 Å². The number of carbonyl (C=O) groups excluding carboxylic acids is 1. The molecule has 1 amide bonds. The summed E-state index contributed by atoms with van der Waals surface area (Å²) >= 11 is 3.44. The van der Waals surface area contributed by atoms with Gasteiger partial charge in [-0.15, -0.1) is 0 Å². The normalized spacial score (nSPS) is 12.8. The number of fused-ring (bicyclic) bond motifs is 2. The number of amides is 1. The maximum absolute atomic E-state index is 12.9. The van der Waals surface area contributed by atoms with Crippen LogP contribution >= 0.6 is 15.9 Å². The van der Waals surface area contributed by atoms with Crippen molar-refractivity contribution in [1.29, 1.82) is 0 Å². The molecule has 1 aliphatic heterocycles. The molecule has 4 rings (SSSR count). The Bertz CT molecular complexity index is 1110. The zero-order valence-electron chi connectivity index (χ0n) is 14.5. The van der Waals surface area contributed by atoms with Gasteiger partial charge in [0.2, 0.25) is 0 Å². The van der Waals surface area contributed by atoms with E-state index in [-0.39, 0.29) is 11.3 Å². The molecule has 1 aliphatic rings. The van der Waals surface area contributed by atoms with Gasteiger partial charge in [0.05, 0.1) is 11.1 Å². The second-order valence-electron chi connectivity index (χ2n) is 5.94. The maximum atomic E-state index is 12.9. The Morgan fingerprint density at radius 3 is 2.56 bits per heavy atom. The van der Waals surface area contributed by atoms with Gasteiger partial charge in [-0.3, -0.25) is 9.59 Å². The maximum Gasteiger partial charge on any atom is 0.276 e. The number of anilines is 1. The Balaban J connectivity index is 1.76. The first-order chi connectivity index (χ1) is 13.1. The van der Waals surface area contributed by atoms with Crippen LogP contribution in [0.4, 0.5) is 5.69 Å². The summed E-state index contributed by atoms with van der Waals surface area (Å²) in [6.07, 6.45) is 0. The van der Waals surface area contributed by atoms with Crippen LogP contribution in [0.1, 0.15) is 17.4 Å². The summed E-state index contributed by atoms with van der Waals surface area (Å²) in [6, 6.07) is 10.4. The fraction of sp³-hybridized carbons (Fsp3) is 0.211. The van der Waals surface area contributed by atoms with Crippen molar-refractivity contribution < 1.29 is 14.3 Å². The van der Waals surface area contributed by atoms with Gasteiger partial charge in [-0.25, -0.2) is 4.68 Å². The van der Waals surface area contributed by atoms with Gasteiger partial charge in [-0.2, -0.15) is 5.10 Å². The van der Waals surface area contributed by atoms with Crippen LogP contribution in [0, 0.1) is 0 Å². The lowest BCUT2D eigenvalue weighted by atomic mass is 10.1. The van der Waals surface area contributed by atoms with Crippen molar-refractivity contribution in [3.8, 4) is 11.5 Å². The number of halogens is 1. The molecule has 1 aromatic heterocycles. The molecule has 0 atom stereocenters. The Morgan fingerprint density at radius 1 is 1.19 bits per heavy atom. The highest BCUT2D eigenvalue weighted by Crippen LogP contribution is 2.38. The minimum Gasteiger partial charge on any atom is -0.486 e. The first kappa shape index (κ1) is 17.5. The molecule has 2 aromatic carbocycles. The minimum atomic E-state index is -0.411. The average molecular weight is 430 g/mol. The number of aromatic nitrogens is 2. The lowest BCUT2D eigenvalue weighted by Gasteiger charge is -2.20. The van der Waals surface area contributed by atoms with Crippen LogP contribution in [0.3, 0.4) is 0 Å². The lowest BCUT2D eigenvalue weighted by molar-refractivity contribution is 0.102. The van der Waals surface area contributed by atoms with Crippen molar-refractivity contribution in [2.75, 3.05) is 18.5 Å². The molecule has 0 spiro atoms. The molecule has 0 aliphatic carbocycles. The number of aryl methyl sites for hydroxylation is 1. The minimum absolute atomic E-state index is 0.189. The molecular weight excluding hydrogens is 414 g/mol. The van der Waals surface area contributed by atoms with Crippen molar-refractivity contribution in [1.82, 2.24) is 9.78 Å². The number of nitrogens with one attached hydrogen (secondary N) is 1. The number of hydrogen-bond donors (Lipinski definition) is 1. The molecule has 7 nitrogen and oxygen atoms in total. The van der Waals surface area contributed by atoms with Gasteiger partial charge in [0.15, 0.2) is 17.2 Å². The number of ether oxygens (including phenoxy) is 2. The Hall–Kier alpha value is -2.87. The monoisotopic (exact) mass is 429 g/mol. The Kier molecular flexibility index (Phi) is 4.57. The smallest absolute Gasteiger partial charge is 0.276 e. The molecule has 1 N–H and O–H groups in total. The van der Waals surface area contributed by atoms with Gasteiger partial charge in [-0.05, 0) is 28.9 Å². The van der Waals surface area contributed by atoms with Crippen LogP contribution in [-0.4, -0.2) is 28.9 Å². The van der Waals surface area contributed by atoms with Crippen molar-refractivity contribution in [3.63, 3.8) is 0 Å². The second-order valence-corrected chi connectivity index (χ2v) is 6.80. The van der Waals surface area contributed by atoms with E-state index in [1.807, 2.05) is 6.92 Å². The SMILES string of the molecule is CCn1nc(C(=O)Nc2cc3c(cc2Br)OCCO3)c2ccccc2c1=O. The third-order valence-electron chi connectivity index (χ3n) is 4.26. The lowest BCUT2D eigenvalue weighted by Crippen LogP contribution is -2.27. The molecule has 3 aromatic rings. The van der Waals surface area contributed by atoms with Crippen LogP contribution in [0.15, 0.2) is 45.7 Å². The van der Waals surface area contributed by atoms with Gasteiger partial charge < -0.3 is 14.8 Å². The number of hydrogen-bond acceptors (Lipinski definition) is 5. The fourth-order valence-electron chi connectivity index (χ4n) is 2.96. The molecule has 0 unspecified atom stereocenters. The van der Waals surface area contributed by atoms with Crippen LogP contribution < -0.4 is 20.3 Å². The largest absolute Gasteiger partial charge is 0.486 e. The predicted molar refractivity (Wildman–Crippen MR) is 105 cm³/mol. The van der Waals surface area contributed by atoms with E-state index in [9.17, 15) is 9.59 Å². The van der Waals surface area contributed by atoms with Crippen LogP contribution in [0.5, 0.6) is 11.5 Å². The molecule has 0 saturated heterocycles. The second kappa shape index (κ2) is 7.03. The van der Waals surface area contributed by atoms with E-state index in [0.29, 0.717) is 52.2 Å². The van der Waals surface area contributed by atoms with E-state index in [0.717, 1.165) is 0 Å². The average Bonchev–Trinajstić information content (AvgIpc) is 2.69. The van der Waals surface area contributed by atoms with Gasteiger partial charge >= 0.3 is 0 Å². The van der Waals surface area contributed by atoms with Crippen molar-refractivity contribution in [3.05, 3.63) is 56.9 Å². The fourth-order valence-corrected chi connectivity index (χ4v) is 3.38. The summed E-state index contributed by atoms with van der Waals surface area (Å²) in [6.45, 7) is 3.12. The topological polar surface area (TPSA) is 82.5 Å². The molecule has 2 heterocycles. The highest BCUT2D eigenvalue weighted by molar-refractivity contribution is 9.10. The molecule has 8 heteroatoms. The number of benzene rings is 2. The van der Waals surface area contributed by atoms with Crippen molar-refractivity contribution in [2.24, 2.45) is 0 Å². The van der Waals surface area contributed by atoms with E-state index in [4.69, 9.17) is 9.47 Å². The summed E-state index contributed by atoms with van der Waals surface area (Å²) in [5.41, 5.74) is 0.503. The Labute approximate surface area is 163 Å². The van der Waals surface area contributed by atoms with E-state index < -0.39 is 5.91 Å². The van der Waals surface area contributed by atoms with Gasteiger partial charge in [0, 0.05) is 28.5 Å². The number of rotatable bonds is 3.